The first-order valence-corrected chi connectivity index (χ1v) is 7.11. The van der Waals surface area contributed by atoms with Gasteiger partial charge in [0.2, 0.25) is 0 Å². The summed E-state index contributed by atoms with van der Waals surface area (Å²) in [5, 5.41) is 0.476. The molecule has 2 aromatic rings. The van der Waals surface area contributed by atoms with E-state index in [1.807, 2.05) is 0 Å². The zero-order chi connectivity index (χ0) is 15.0. The second kappa shape index (κ2) is 5.62. The van der Waals surface area contributed by atoms with E-state index in [0.717, 1.165) is 11.6 Å². The number of benzene rings is 2. The fraction of sp³-hybridized carbons (Fsp3) is 0.250. The van der Waals surface area contributed by atoms with Gasteiger partial charge < -0.3 is 10.5 Å². The van der Waals surface area contributed by atoms with Crippen molar-refractivity contribution >= 4 is 11.6 Å². The van der Waals surface area contributed by atoms with Crippen molar-refractivity contribution in [3.8, 4) is 16.9 Å². The summed E-state index contributed by atoms with van der Waals surface area (Å²) in [5.41, 5.74) is 7.09. The molecule has 1 aliphatic rings. The van der Waals surface area contributed by atoms with E-state index in [1.54, 1.807) is 12.1 Å². The molecule has 0 radical (unpaired) electrons. The Kier molecular flexibility index (Phi) is 3.83. The molecule has 110 valence electrons. The number of halogens is 3. The van der Waals surface area contributed by atoms with Crippen LogP contribution in [0, 0.1) is 11.6 Å². The van der Waals surface area contributed by atoms with Gasteiger partial charge in [0.15, 0.2) is 11.6 Å². The number of ether oxygens (including phenoxy) is 1. The van der Waals surface area contributed by atoms with Gasteiger partial charge in [0.05, 0.1) is 0 Å². The fourth-order valence-corrected chi connectivity index (χ4v) is 2.89. The predicted octanol–water partition coefficient (Wildman–Crippen LogP) is 3.94. The second-order valence-electron chi connectivity index (χ2n) is 5.06. The molecule has 0 bridgehead atoms. The average Bonchev–Trinajstić information content (AvgIpc) is 2.84. The molecule has 0 aromatic heterocycles. The molecular formula is C16H14ClF2NO. The van der Waals surface area contributed by atoms with E-state index in [1.165, 1.54) is 12.1 Å². The van der Waals surface area contributed by atoms with E-state index in [9.17, 15) is 8.78 Å². The van der Waals surface area contributed by atoms with Crippen molar-refractivity contribution in [2.75, 3.05) is 6.54 Å². The van der Waals surface area contributed by atoms with Gasteiger partial charge in [-0.25, -0.2) is 8.78 Å². The summed E-state index contributed by atoms with van der Waals surface area (Å²) >= 11 is 6.10. The molecule has 1 aliphatic heterocycles. The third-order valence-electron chi connectivity index (χ3n) is 3.59. The molecule has 0 amide bonds. The summed E-state index contributed by atoms with van der Waals surface area (Å²) in [7, 11) is 0. The molecule has 1 heterocycles. The average molecular weight is 310 g/mol. The molecule has 2 aromatic carbocycles. The Hall–Kier alpha value is -1.65. The summed E-state index contributed by atoms with van der Waals surface area (Å²) in [6.45, 7) is 0.510. The Bertz CT molecular complexity index is 690. The highest BCUT2D eigenvalue weighted by Gasteiger charge is 2.27. The monoisotopic (exact) mass is 309 g/mol. The van der Waals surface area contributed by atoms with Crippen LogP contribution < -0.4 is 10.5 Å². The fourth-order valence-electron chi connectivity index (χ4n) is 2.65. The Morgan fingerprint density at radius 2 is 2.05 bits per heavy atom. The van der Waals surface area contributed by atoms with Gasteiger partial charge >= 0.3 is 0 Å². The summed E-state index contributed by atoms with van der Waals surface area (Å²) < 4.78 is 33.3. The standard InChI is InChI=1S/C16H14ClF2NO/c17-10-6-9-7-11(4-5-20)21-16(9)13(8-10)12-2-1-3-14(18)15(12)19/h1-3,6,8,11H,4-5,7,20H2. The van der Waals surface area contributed by atoms with Crippen LogP contribution in [0.5, 0.6) is 5.75 Å². The van der Waals surface area contributed by atoms with Gasteiger partial charge in [0, 0.05) is 22.6 Å². The smallest absolute Gasteiger partial charge is 0.166 e. The van der Waals surface area contributed by atoms with Gasteiger partial charge in [-0.3, -0.25) is 0 Å². The highest BCUT2D eigenvalue weighted by Crippen LogP contribution is 2.42. The van der Waals surface area contributed by atoms with Crippen LogP contribution in [-0.4, -0.2) is 12.6 Å². The van der Waals surface area contributed by atoms with Crippen LogP contribution in [-0.2, 0) is 6.42 Å². The minimum absolute atomic E-state index is 0.0427. The number of hydrogen-bond donors (Lipinski definition) is 1. The first kappa shape index (κ1) is 14.3. The number of nitrogens with two attached hydrogens (primary N) is 1. The van der Waals surface area contributed by atoms with Crippen LogP contribution in [0.1, 0.15) is 12.0 Å². The number of hydrogen-bond acceptors (Lipinski definition) is 2. The molecule has 1 atom stereocenters. The summed E-state index contributed by atoms with van der Waals surface area (Å²) in [6, 6.07) is 7.47. The third kappa shape index (κ3) is 2.61. The molecule has 2 nitrogen and oxygen atoms in total. The quantitative estimate of drug-likeness (QED) is 0.932. The molecule has 1 unspecified atom stereocenters. The lowest BCUT2D eigenvalue weighted by molar-refractivity contribution is 0.225. The Balaban J connectivity index is 2.11. The van der Waals surface area contributed by atoms with Crippen LogP contribution in [0.2, 0.25) is 5.02 Å². The topological polar surface area (TPSA) is 35.2 Å². The molecule has 2 N–H and O–H groups in total. The van der Waals surface area contributed by atoms with Crippen LogP contribution in [0.4, 0.5) is 8.78 Å². The van der Waals surface area contributed by atoms with E-state index in [-0.39, 0.29) is 11.7 Å². The van der Waals surface area contributed by atoms with E-state index in [2.05, 4.69) is 0 Å². The van der Waals surface area contributed by atoms with Crippen molar-refractivity contribution in [2.24, 2.45) is 5.73 Å². The van der Waals surface area contributed by atoms with Gasteiger partial charge in [-0.1, -0.05) is 23.7 Å². The van der Waals surface area contributed by atoms with Crippen molar-refractivity contribution < 1.29 is 13.5 Å². The summed E-state index contributed by atoms with van der Waals surface area (Å²) in [5.74, 6) is -1.21. The molecule has 5 heteroatoms. The highest BCUT2D eigenvalue weighted by molar-refractivity contribution is 6.31. The number of fused-ring (bicyclic) bond motifs is 1. The molecule has 0 fully saturated rings. The molecule has 0 aliphatic carbocycles. The van der Waals surface area contributed by atoms with Crippen molar-refractivity contribution in [1.29, 1.82) is 0 Å². The molecule has 0 spiro atoms. The van der Waals surface area contributed by atoms with E-state index < -0.39 is 11.6 Å². The molecule has 0 saturated heterocycles. The maximum absolute atomic E-state index is 14.0. The Morgan fingerprint density at radius 3 is 2.81 bits per heavy atom. The molecule has 3 rings (SSSR count). The normalized spacial score (nSPS) is 16.7. The minimum atomic E-state index is -0.896. The van der Waals surface area contributed by atoms with Crippen LogP contribution in [0.15, 0.2) is 30.3 Å². The number of rotatable bonds is 3. The predicted molar refractivity (Wildman–Crippen MR) is 78.6 cm³/mol. The lowest BCUT2D eigenvalue weighted by Crippen LogP contribution is -2.17. The lowest BCUT2D eigenvalue weighted by Gasteiger charge is -2.13. The van der Waals surface area contributed by atoms with Gasteiger partial charge in [0.25, 0.3) is 0 Å². The van der Waals surface area contributed by atoms with Crippen LogP contribution in [0.3, 0.4) is 0 Å². The Labute approximate surface area is 126 Å². The lowest BCUT2D eigenvalue weighted by atomic mass is 9.99. The second-order valence-corrected chi connectivity index (χ2v) is 5.50. The SMILES string of the molecule is NCCC1Cc2cc(Cl)cc(-c3cccc(F)c3F)c2O1. The van der Waals surface area contributed by atoms with Crippen LogP contribution >= 0.6 is 11.6 Å². The zero-order valence-electron chi connectivity index (χ0n) is 11.2. The van der Waals surface area contributed by atoms with Crippen molar-refractivity contribution in [2.45, 2.75) is 18.9 Å². The van der Waals surface area contributed by atoms with E-state index in [4.69, 9.17) is 22.1 Å². The first-order valence-electron chi connectivity index (χ1n) is 6.73. The Morgan fingerprint density at radius 1 is 1.24 bits per heavy atom. The summed E-state index contributed by atoms with van der Waals surface area (Å²) in [6.07, 6.45) is 1.34. The van der Waals surface area contributed by atoms with Gasteiger partial charge in [0.1, 0.15) is 11.9 Å². The minimum Gasteiger partial charge on any atom is -0.489 e. The third-order valence-corrected chi connectivity index (χ3v) is 3.81. The van der Waals surface area contributed by atoms with Gasteiger partial charge in [-0.05, 0) is 36.7 Å². The summed E-state index contributed by atoms with van der Waals surface area (Å²) in [4.78, 5) is 0. The highest BCUT2D eigenvalue weighted by atomic mass is 35.5. The van der Waals surface area contributed by atoms with E-state index in [0.29, 0.717) is 35.7 Å². The van der Waals surface area contributed by atoms with Crippen molar-refractivity contribution in [3.63, 3.8) is 0 Å². The molecule has 0 saturated carbocycles. The molecule has 21 heavy (non-hydrogen) atoms. The first-order chi connectivity index (χ1) is 10.1. The van der Waals surface area contributed by atoms with Gasteiger partial charge in [-0.2, -0.15) is 0 Å². The maximum Gasteiger partial charge on any atom is 0.166 e. The van der Waals surface area contributed by atoms with Crippen molar-refractivity contribution in [3.05, 3.63) is 52.6 Å². The van der Waals surface area contributed by atoms with E-state index >= 15 is 0 Å². The van der Waals surface area contributed by atoms with Crippen LogP contribution in [0.25, 0.3) is 11.1 Å². The largest absolute Gasteiger partial charge is 0.489 e. The van der Waals surface area contributed by atoms with Crippen molar-refractivity contribution in [1.82, 2.24) is 0 Å². The van der Waals surface area contributed by atoms with Gasteiger partial charge in [-0.15, -0.1) is 0 Å². The zero-order valence-corrected chi connectivity index (χ0v) is 12.0. The molecular weight excluding hydrogens is 296 g/mol. The maximum atomic E-state index is 14.0.